The average molecular weight is 291 g/mol. The number of hydrogen-bond acceptors (Lipinski definition) is 6. The molecular weight excluding hydrogens is 284 g/mol. The van der Waals surface area contributed by atoms with Crippen LogP contribution in [-0.2, 0) is 6.54 Å². The Kier molecular flexibility index (Phi) is 3.09. The molecule has 0 atom stereocenters. The van der Waals surface area contributed by atoms with Crippen molar-refractivity contribution in [1.29, 1.82) is 0 Å². The fourth-order valence-corrected chi connectivity index (χ4v) is 2.67. The van der Waals surface area contributed by atoms with E-state index in [0.717, 1.165) is 15.6 Å². The molecule has 0 fully saturated rings. The maximum absolute atomic E-state index is 4.03. The second-order valence-corrected chi connectivity index (χ2v) is 5.86. The van der Waals surface area contributed by atoms with Crippen LogP contribution in [-0.4, -0.2) is 22.2 Å². The minimum atomic E-state index is 0.809. The Morgan fingerprint density at radius 3 is 2.93 bits per heavy atom. The van der Waals surface area contributed by atoms with E-state index in [9.17, 15) is 0 Å². The number of halogens is 1. The number of anilines is 1. The molecule has 14 heavy (non-hydrogen) atoms. The van der Waals surface area contributed by atoms with E-state index in [2.05, 4.69) is 36.0 Å². The molecule has 0 aliphatic heterocycles. The van der Waals surface area contributed by atoms with Crippen LogP contribution >= 0.6 is 38.6 Å². The number of aromatic nitrogens is 3. The van der Waals surface area contributed by atoms with Crippen LogP contribution in [0.4, 0.5) is 5.13 Å². The van der Waals surface area contributed by atoms with E-state index in [1.54, 1.807) is 11.3 Å². The van der Waals surface area contributed by atoms with Crippen molar-refractivity contribution in [3.63, 3.8) is 0 Å². The summed E-state index contributed by atoms with van der Waals surface area (Å²) >= 11 is 6.45. The molecule has 0 amide bonds. The van der Waals surface area contributed by atoms with Crippen LogP contribution < -0.4 is 4.90 Å². The molecule has 0 unspecified atom stereocenters. The van der Waals surface area contributed by atoms with Gasteiger partial charge in [0.05, 0.1) is 12.1 Å². The highest BCUT2D eigenvalue weighted by Gasteiger charge is 2.08. The van der Waals surface area contributed by atoms with Gasteiger partial charge in [-0.25, -0.2) is 0 Å². The van der Waals surface area contributed by atoms with E-state index in [-0.39, 0.29) is 0 Å². The van der Waals surface area contributed by atoms with Crippen LogP contribution in [0.25, 0.3) is 0 Å². The monoisotopic (exact) mass is 290 g/mol. The lowest BCUT2D eigenvalue weighted by Gasteiger charge is -2.12. The standard InChI is InChI=1S/C7H7BrN4S2/c1-12(3-5-2-9-4-13-5)7-11-10-6(8)14-7/h2,4H,3H2,1H3. The highest BCUT2D eigenvalue weighted by Crippen LogP contribution is 2.24. The molecule has 4 nitrogen and oxygen atoms in total. The Morgan fingerprint density at radius 1 is 1.50 bits per heavy atom. The van der Waals surface area contributed by atoms with E-state index in [4.69, 9.17) is 0 Å². The molecule has 2 aromatic rings. The largest absolute Gasteiger partial charge is 0.344 e. The topological polar surface area (TPSA) is 41.9 Å². The Bertz CT molecular complexity index is 399. The third-order valence-corrected chi connectivity index (χ3v) is 3.83. The smallest absolute Gasteiger partial charge is 0.209 e. The minimum absolute atomic E-state index is 0.809. The van der Waals surface area contributed by atoms with Gasteiger partial charge in [-0.2, -0.15) is 0 Å². The second kappa shape index (κ2) is 4.33. The molecule has 0 N–H and O–H groups in total. The Balaban J connectivity index is 2.06. The van der Waals surface area contributed by atoms with Gasteiger partial charge in [0.1, 0.15) is 0 Å². The Morgan fingerprint density at radius 2 is 2.36 bits per heavy atom. The maximum atomic E-state index is 4.03. The van der Waals surface area contributed by atoms with Gasteiger partial charge in [0, 0.05) is 18.1 Å². The van der Waals surface area contributed by atoms with Gasteiger partial charge < -0.3 is 4.90 Å². The zero-order chi connectivity index (χ0) is 9.97. The summed E-state index contributed by atoms with van der Waals surface area (Å²) in [5.74, 6) is 0. The predicted octanol–water partition coefficient (Wildman–Crippen LogP) is 2.39. The van der Waals surface area contributed by atoms with Gasteiger partial charge in [-0.3, -0.25) is 4.98 Å². The summed E-state index contributed by atoms with van der Waals surface area (Å²) in [4.78, 5) is 7.30. The lowest BCUT2D eigenvalue weighted by atomic mass is 10.5. The first-order valence-corrected chi connectivity index (χ1v) is 6.32. The van der Waals surface area contributed by atoms with E-state index in [1.165, 1.54) is 16.2 Å². The van der Waals surface area contributed by atoms with Gasteiger partial charge >= 0.3 is 0 Å². The first-order chi connectivity index (χ1) is 6.75. The molecule has 2 heterocycles. The van der Waals surface area contributed by atoms with Gasteiger partial charge in [0.15, 0.2) is 3.92 Å². The minimum Gasteiger partial charge on any atom is -0.344 e. The predicted molar refractivity (Wildman–Crippen MR) is 61.8 cm³/mol. The molecule has 7 heteroatoms. The number of hydrogen-bond donors (Lipinski definition) is 0. The van der Waals surface area contributed by atoms with Crippen molar-refractivity contribution in [2.75, 3.05) is 11.9 Å². The van der Waals surface area contributed by atoms with Crippen LogP contribution in [0.5, 0.6) is 0 Å². The molecule has 74 valence electrons. The molecule has 0 spiro atoms. The first-order valence-electron chi connectivity index (χ1n) is 3.83. The Labute approximate surface area is 97.8 Å². The average Bonchev–Trinajstić information content (AvgIpc) is 2.75. The molecule has 0 saturated heterocycles. The van der Waals surface area contributed by atoms with E-state index in [0.29, 0.717) is 0 Å². The normalized spacial score (nSPS) is 10.4. The number of rotatable bonds is 3. The molecular formula is C7H7BrN4S2. The second-order valence-electron chi connectivity index (χ2n) is 2.66. The molecule has 0 aliphatic rings. The van der Waals surface area contributed by atoms with Crippen LogP contribution in [0.1, 0.15) is 4.88 Å². The molecule has 2 rings (SSSR count). The summed E-state index contributed by atoms with van der Waals surface area (Å²) in [7, 11) is 1.99. The van der Waals surface area contributed by atoms with Crippen LogP contribution in [0.3, 0.4) is 0 Å². The summed E-state index contributed by atoms with van der Waals surface area (Å²) in [5, 5.41) is 8.83. The summed E-state index contributed by atoms with van der Waals surface area (Å²) < 4.78 is 0.809. The zero-order valence-electron chi connectivity index (χ0n) is 7.35. The summed E-state index contributed by atoms with van der Waals surface area (Å²) in [6.45, 7) is 0.826. The third kappa shape index (κ3) is 2.28. The van der Waals surface area contributed by atoms with Crippen molar-refractivity contribution in [2.45, 2.75) is 6.54 Å². The molecule has 2 aromatic heterocycles. The summed E-state index contributed by atoms with van der Waals surface area (Å²) in [5.41, 5.74) is 1.83. The number of nitrogens with zero attached hydrogens (tertiary/aromatic N) is 4. The quantitative estimate of drug-likeness (QED) is 0.871. The summed E-state index contributed by atoms with van der Waals surface area (Å²) in [6, 6.07) is 0. The van der Waals surface area contributed by atoms with Crippen molar-refractivity contribution in [3.8, 4) is 0 Å². The van der Waals surface area contributed by atoms with Crippen LogP contribution in [0, 0.1) is 0 Å². The summed E-state index contributed by atoms with van der Waals surface area (Å²) in [6.07, 6.45) is 1.87. The highest BCUT2D eigenvalue weighted by atomic mass is 79.9. The van der Waals surface area contributed by atoms with E-state index in [1.807, 2.05) is 18.8 Å². The number of thiazole rings is 1. The maximum Gasteiger partial charge on any atom is 0.209 e. The van der Waals surface area contributed by atoms with Gasteiger partial charge in [-0.15, -0.1) is 21.5 Å². The molecule has 0 aromatic carbocycles. The zero-order valence-corrected chi connectivity index (χ0v) is 10.6. The Hall–Kier alpha value is -0.530. The first kappa shape index (κ1) is 10.0. The van der Waals surface area contributed by atoms with Gasteiger partial charge in [0.2, 0.25) is 5.13 Å². The van der Waals surface area contributed by atoms with Crippen molar-refractivity contribution in [3.05, 3.63) is 20.5 Å². The van der Waals surface area contributed by atoms with Gasteiger partial charge in [0.25, 0.3) is 0 Å². The third-order valence-electron chi connectivity index (χ3n) is 1.59. The molecule has 0 bridgehead atoms. The van der Waals surface area contributed by atoms with Crippen molar-refractivity contribution < 1.29 is 0 Å². The van der Waals surface area contributed by atoms with Crippen molar-refractivity contribution in [1.82, 2.24) is 15.2 Å². The molecule has 0 saturated carbocycles. The lowest BCUT2D eigenvalue weighted by Crippen LogP contribution is -2.15. The van der Waals surface area contributed by atoms with Gasteiger partial charge in [-0.05, 0) is 15.9 Å². The van der Waals surface area contributed by atoms with Crippen LogP contribution in [0.15, 0.2) is 15.6 Å². The fraction of sp³-hybridized carbons (Fsp3) is 0.286. The molecule has 0 radical (unpaired) electrons. The fourth-order valence-electron chi connectivity index (χ4n) is 0.974. The van der Waals surface area contributed by atoms with E-state index < -0.39 is 0 Å². The SMILES string of the molecule is CN(Cc1cncs1)c1nnc(Br)s1. The highest BCUT2D eigenvalue weighted by molar-refractivity contribution is 9.11. The van der Waals surface area contributed by atoms with E-state index >= 15 is 0 Å². The molecule has 0 aliphatic carbocycles. The van der Waals surface area contributed by atoms with Crippen molar-refractivity contribution in [2.24, 2.45) is 0 Å². The van der Waals surface area contributed by atoms with Crippen molar-refractivity contribution >= 4 is 43.7 Å². The lowest BCUT2D eigenvalue weighted by molar-refractivity contribution is 0.902. The van der Waals surface area contributed by atoms with Crippen LogP contribution in [0.2, 0.25) is 0 Å². The van der Waals surface area contributed by atoms with Gasteiger partial charge in [-0.1, -0.05) is 11.3 Å².